The van der Waals surface area contributed by atoms with Gasteiger partial charge in [-0.15, -0.1) is 11.3 Å². The van der Waals surface area contributed by atoms with Crippen LogP contribution in [0.15, 0.2) is 6.07 Å². The number of carbonyl (C=O) groups is 1. The van der Waals surface area contributed by atoms with E-state index in [0.29, 0.717) is 6.54 Å². The lowest BCUT2D eigenvalue weighted by Crippen LogP contribution is -2.58. The summed E-state index contributed by atoms with van der Waals surface area (Å²) in [6.07, 6.45) is 8.01. The van der Waals surface area contributed by atoms with E-state index in [2.05, 4.69) is 51.0 Å². The summed E-state index contributed by atoms with van der Waals surface area (Å²) in [6.45, 7) is 8.13. The van der Waals surface area contributed by atoms with Gasteiger partial charge in [0.05, 0.1) is 17.6 Å². The first-order valence-electron chi connectivity index (χ1n) is 11.2. The number of thiophene rings is 1. The molecule has 0 aliphatic carbocycles. The van der Waals surface area contributed by atoms with Crippen molar-refractivity contribution in [3.8, 4) is 11.8 Å². The molecule has 2 bridgehead atoms. The number of likely N-dealkylation sites (N-methyl/N-ethyl adjacent to an activating group) is 1. The number of hydrogen-bond donors (Lipinski definition) is 1. The number of nitrogens with one attached hydrogen (secondary N) is 1. The van der Waals surface area contributed by atoms with E-state index in [1.165, 1.54) is 17.4 Å². The number of nitrogens with zero attached hydrogens (tertiary/aromatic N) is 4. The Bertz CT molecular complexity index is 960. The van der Waals surface area contributed by atoms with Gasteiger partial charge in [0.1, 0.15) is 0 Å². The van der Waals surface area contributed by atoms with Crippen molar-refractivity contribution in [1.29, 1.82) is 0 Å². The molecule has 1 atom stereocenters. The molecule has 6 heterocycles. The molecule has 6 nitrogen and oxygen atoms in total. The van der Waals surface area contributed by atoms with Crippen LogP contribution in [0, 0.1) is 17.8 Å². The Morgan fingerprint density at radius 2 is 2.00 bits per heavy atom. The van der Waals surface area contributed by atoms with Crippen LogP contribution in [0.5, 0.6) is 0 Å². The smallest absolute Gasteiger partial charge is 0.322 e. The van der Waals surface area contributed by atoms with Gasteiger partial charge in [-0.3, -0.25) is 14.7 Å². The van der Waals surface area contributed by atoms with E-state index in [0.717, 1.165) is 68.2 Å². The zero-order valence-electron chi connectivity index (χ0n) is 17.8. The minimum absolute atomic E-state index is 0.0170. The molecule has 6 rings (SSSR count). The molecule has 4 fully saturated rings. The van der Waals surface area contributed by atoms with Gasteiger partial charge in [-0.2, -0.15) is 0 Å². The average molecular weight is 426 g/mol. The van der Waals surface area contributed by atoms with Crippen LogP contribution in [0.25, 0.3) is 12.3 Å². The molecule has 1 unspecified atom stereocenters. The molecule has 1 aromatic heterocycles. The first-order chi connectivity index (χ1) is 14.6. The highest BCUT2D eigenvalue weighted by molar-refractivity contribution is 7.10. The number of piperidine rings is 3. The van der Waals surface area contributed by atoms with Crippen molar-refractivity contribution in [2.24, 2.45) is 5.92 Å². The van der Waals surface area contributed by atoms with Gasteiger partial charge in [-0.05, 0) is 44.4 Å². The Balaban J connectivity index is 1.20. The highest BCUT2D eigenvalue weighted by Gasteiger charge is 2.34. The number of rotatable bonds is 2. The highest BCUT2D eigenvalue weighted by Crippen LogP contribution is 2.30. The molecule has 7 heteroatoms. The SMILES string of the molecule is CN1CCN(CC#Cc2cc3c(s2)=CCN(C(=O)NC2CC4CCN2CC4)C=3)CC1. The van der Waals surface area contributed by atoms with Crippen LogP contribution in [-0.2, 0) is 0 Å². The number of urea groups is 1. The largest absolute Gasteiger partial charge is 0.322 e. The second-order valence-corrected chi connectivity index (χ2v) is 10.1. The summed E-state index contributed by atoms with van der Waals surface area (Å²) in [6, 6.07) is 2.14. The molecule has 4 saturated heterocycles. The van der Waals surface area contributed by atoms with Crippen LogP contribution in [0.3, 0.4) is 0 Å². The normalized spacial score (nSPS) is 28.7. The second kappa shape index (κ2) is 8.72. The van der Waals surface area contributed by atoms with E-state index in [4.69, 9.17) is 0 Å². The standard InChI is InChI=1S/C23H31N5OS/c1-25-11-13-26(14-12-25)7-2-3-20-16-19-17-28(10-6-21(19)30-20)23(29)24-22-15-18-4-8-27(22)9-5-18/h6,16-18,22H,4-5,7-15H2,1H3,(H,24,29). The van der Waals surface area contributed by atoms with Gasteiger partial charge >= 0.3 is 6.03 Å². The van der Waals surface area contributed by atoms with Crippen molar-refractivity contribution >= 4 is 29.6 Å². The van der Waals surface area contributed by atoms with Gasteiger partial charge in [-0.25, -0.2) is 4.79 Å². The molecule has 0 spiro atoms. The second-order valence-electron chi connectivity index (χ2n) is 8.98. The molecule has 1 aromatic rings. The summed E-state index contributed by atoms with van der Waals surface area (Å²) >= 11 is 1.73. The third-order valence-electron chi connectivity index (χ3n) is 6.87. The van der Waals surface area contributed by atoms with Crippen LogP contribution in [-0.4, -0.2) is 91.2 Å². The first-order valence-corrected chi connectivity index (χ1v) is 12.0. The predicted molar refractivity (Wildman–Crippen MR) is 121 cm³/mol. The number of amides is 2. The van der Waals surface area contributed by atoms with Gasteiger partial charge in [0, 0.05) is 61.8 Å². The molecule has 5 aliphatic rings. The van der Waals surface area contributed by atoms with E-state index in [1.54, 1.807) is 16.2 Å². The topological polar surface area (TPSA) is 42.1 Å². The molecule has 2 amide bonds. The summed E-state index contributed by atoms with van der Waals surface area (Å²) < 4.78 is 1.23. The van der Waals surface area contributed by atoms with Crippen molar-refractivity contribution < 1.29 is 4.79 Å². The third-order valence-corrected chi connectivity index (χ3v) is 7.93. The fourth-order valence-corrected chi connectivity index (χ4v) is 5.80. The Morgan fingerprint density at radius 3 is 2.73 bits per heavy atom. The molecule has 160 valence electrons. The molecule has 0 aromatic carbocycles. The summed E-state index contributed by atoms with van der Waals surface area (Å²) in [4.78, 5) is 22.9. The number of piperazine rings is 1. The summed E-state index contributed by atoms with van der Waals surface area (Å²) in [7, 11) is 2.17. The average Bonchev–Trinajstić information content (AvgIpc) is 3.18. The Morgan fingerprint density at radius 1 is 1.20 bits per heavy atom. The van der Waals surface area contributed by atoms with Crippen LogP contribution in [0.1, 0.15) is 24.1 Å². The monoisotopic (exact) mass is 425 g/mol. The maximum atomic E-state index is 12.8. The first kappa shape index (κ1) is 20.1. The molecular formula is C23H31N5OS. The van der Waals surface area contributed by atoms with Gasteiger partial charge < -0.3 is 10.2 Å². The lowest BCUT2D eigenvalue weighted by molar-refractivity contribution is 0.0356. The number of carbonyl (C=O) groups excluding carboxylic acids is 1. The summed E-state index contributed by atoms with van der Waals surface area (Å²) in [5, 5.41) is 4.37. The quantitative estimate of drug-likeness (QED) is 0.694. The van der Waals surface area contributed by atoms with E-state index in [-0.39, 0.29) is 12.2 Å². The zero-order valence-corrected chi connectivity index (χ0v) is 18.6. The van der Waals surface area contributed by atoms with E-state index >= 15 is 0 Å². The number of hydrogen-bond acceptors (Lipinski definition) is 5. The lowest BCUT2D eigenvalue weighted by atomic mass is 9.86. The Labute approximate surface area is 182 Å². The lowest BCUT2D eigenvalue weighted by Gasteiger charge is -2.45. The van der Waals surface area contributed by atoms with Gasteiger partial charge in [-0.1, -0.05) is 11.8 Å². The Hall–Kier alpha value is -1.85. The minimum atomic E-state index is 0.0170. The fourth-order valence-electron chi connectivity index (χ4n) is 4.87. The zero-order chi connectivity index (χ0) is 20.5. The molecule has 30 heavy (non-hydrogen) atoms. The highest BCUT2D eigenvalue weighted by atomic mass is 32.1. The minimum Gasteiger partial charge on any atom is -0.322 e. The Kier molecular flexibility index (Phi) is 5.83. The van der Waals surface area contributed by atoms with Gasteiger partial charge in [0.2, 0.25) is 0 Å². The summed E-state index contributed by atoms with van der Waals surface area (Å²) in [5.41, 5.74) is 0. The van der Waals surface area contributed by atoms with Crippen LogP contribution in [0.2, 0.25) is 0 Å². The van der Waals surface area contributed by atoms with Crippen molar-refractivity contribution in [3.63, 3.8) is 0 Å². The third kappa shape index (κ3) is 4.42. The molecular weight excluding hydrogens is 394 g/mol. The molecule has 0 saturated carbocycles. The van der Waals surface area contributed by atoms with E-state index < -0.39 is 0 Å². The molecule has 1 N–H and O–H groups in total. The fraction of sp³-hybridized carbons (Fsp3) is 0.609. The molecule has 0 radical (unpaired) electrons. The van der Waals surface area contributed by atoms with Gasteiger partial charge in [0.25, 0.3) is 0 Å². The van der Waals surface area contributed by atoms with Crippen molar-refractivity contribution in [2.75, 3.05) is 59.4 Å². The van der Waals surface area contributed by atoms with E-state index in [9.17, 15) is 4.79 Å². The maximum absolute atomic E-state index is 12.8. The van der Waals surface area contributed by atoms with Crippen molar-refractivity contribution in [2.45, 2.75) is 25.4 Å². The van der Waals surface area contributed by atoms with E-state index in [1.807, 2.05) is 6.20 Å². The number of fused-ring (bicyclic) bond motifs is 4. The van der Waals surface area contributed by atoms with Crippen molar-refractivity contribution in [1.82, 2.24) is 24.9 Å². The molecule has 5 aliphatic heterocycles. The van der Waals surface area contributed by atoms with Crippen LogP contribution < -0.4 is 15.1 Å². The van der Waals surface area contributed by atoms with Crippen molar-refractivity contribution in [3.05, 3.63) is 20.7 Å². The van der Waals surface area contributed by atoms with Crippen LogP contribution in [0.4, 0.5) is 4.79 Å². The summed E-state index contributed by atoms with van der Waals surface area (Å²) in [5.74, 6) is 7.46. The van der Waals surface area contributed by atoms with Crippen LogP contribution >= 0.6 is 11.3 Å². The van der Waals surface area contributed by atoms with Gasteiger partial charge in [0.15, 0.2) is 0 Å². The maximum Gasteiger partial charge on any atom is 0.322 e. The predicted octanol–water partition coefficient (Wildman–Crippen LogP) is 0.333.